The van der Waals surface area contributed by atoms with E-state index in [1.165, 1.54) is 51.4 Å². The van der Waals surface area contributed by atoms with Crippen LogP contribution in [0, 0.1) is 52.3 Å². The van der Waals surface area contributed by atoms with E-state index >= 15 is 0 Å². The number of esters is 1. The molecule has 1 amide bonds. The molecule has 0 heterocycles. The summed E-state index contributed by atoms with van der Waals surface area (Å²) in [6.45, 7) is 22.3. The standard InChI is InChI=1S/C46H84N4O3/c1-9-36(32(2)3)16-15-33(4)40-19-20-41-39-18-17-37-31-38(21-25-45(37,7)42(39)22-26-46(40,41)8)53-44(52)14-12-13-43(51)50(30-24-35(6)48)29-11-10-27-49-28-23-34(5)47/h17,32-36,38-42,49H,9-16,18-31,47-48H2,1-8H3/t33-,34?,35?,36-,38+,39+,40?,41+,42+,45+,46-/m1/s1. The molecule has 0 spiro atoms. The second-order valence-corrected chi connectivity index (χ2v) is 19.5. The minimum absolute atomic E-state index is 0.0263. The van der Waals surface area contributed by atoms with E-state index in [4.69, 9.17) is 16.2 Å². The van der Waals surface area contributed by atoms with Crippen LogP contribution in [-0.4, -0.2) is 61.1 Å². The second-order valence-electron chi connectivity index (χ2n) is 19.5. The number of allylic oxidation sites excluding steroid dienone is 1. The lowest BCUT2D eigenvalue weighted by atomic mass is 9.47. The predicted octanol–water partition coefficient (Wildman–Crippen LogP) is 9.42. The molecule has 3 saturated carbocycles. The Kier molecular flexibility index (Phi) is 17.2. The SMILES string of the molecule is CC[C@H](CC[C@@H](C)C1CC[C@H]2[C@@H]3CC=C4C[C@@H](OC(=O)CCCC(=O)N(CCCCNCCC(C)N)CCC(C)N)CC[C@]4(C)[C@H]3CC[C@]12C)C(C)C. The van der Waals surface area contributed by atoms with Gasteiger partial charge in [0.15, 0.2) is 0 Å². The predicted molar refractivity (Wildman–Crippen MR) is 221 cm³/mol. The molecule has 53 heavy (non-hydrogen) atoms. The Hall–Kier alpha value is -1.44. The summed E-state index contributed by atoms with van der Waals surface area (Å²) < 4.78 is 6.12. The number of nitrogens with two attached hydrogens (primary N) is 2. The summed E-state index contributed by atoms with van der Waals surface area (Å²) in [5, 5.41) is 3.45. The van der Waals surface area contributed by atoms with Gasteiger partial charge in [-0.1, -0.05) is 66.0 Å². The van der Waals surface area contributed by atoms with Crippen LogP contribution >= 0.6 is 0 Å². The van der Waals surface area contributed by atoms with Gasteiger partial charge in [0.1, 0.15) is 6.10 Å². The summed E-state index contributed by atoms with van der Waals surface area (Å²) in [7, 11) is 0. The van der Waals surface area contributed by atoms with Gasteiger partial charge >= 0.3 is 5.97 Å². The molecule has 0 aliphatic heterocycles. The Morgan fingerprint density at radius 3 is 2.32 bits per heavy atom. The van der Waals surface area contributed by atoms with Gasteiger partial charge in [-0.2, -0.15) is 0 Å². The van der Waals surface area contributed by atoms with E-state index in [2.05, 4.69) is 52.9 Å². The summed E-state index contributed by atoms with van der Waals surface area (Å²) in [6, 6.07) is 0.274. The maximum Gasteiger partial charge on any atom is 0.306 e. The summed E-state index contributed by atoms with van der Waals surface area (Å²) in [4.78, 5) is 28.2. The minimum Gasteiger partial charge on any atom is -0.462 e. The van der Waals surface area contributed by atoms with Gasteiger partial charge in [-0.3, -0.25) is 9.59 Å². The van der Waals surface area contributed by atoms with Gasteiger partial charge in [-0.15, -0.1) is 0 Å². The number of carbonyl (C=O) groups excluding carboxylic acids is 2. The molecule has 3 unspecified atom stereocenters. The first-order valence-corrected chi connectivity index (χ1v) is 22.6. The maximum absolute atomic E-state index is 13.2. The van der Waals surface area contributed by atoms with Crippen molar-refractivity contribution in [2.75, 3.05) is 26.2 Å². The number of amides is 1. The molecule has 4 aliphatic carbocycles. The van der Waals surface area contributed by atoms with Gasteiger partial charge in [0.05, 0.1) is 0 Å². The molecule has 7 nitrogen and oxygen atoms in total. The topological polar surface area (TPSA) is 111 Å². The smallest absolute Gasteiger partial charge is 0.306 e. The van der Waals surface area contributed by atoms with Crippen LogP contribution < -0.4 is 16.8 Å². The van der Waals surface area contributed by atoms with E-state index in [0.717, 1.165) is 106 Å². The third kappa shape index (κ3) is 11.8. The molecular weight excluding hydrogens is 657 g/mol. The molecule has 306 valence electrons. The average Bonchev–Trinajstić information content (AvgIpc) is 3.46. The van der Waals surface area contributed by atoms with Crippen LogP contribution in [0.15, 0.2) is 11.6 Å². The molecule has 4 rings (SSSR count). The van der Waals surface area contributed by atoms with Crippen molar-refractivity contribution >= 4 is 11.9 Å². The van der Waals surface area contributed by atoms with E-state index in [1.807, 2.05) is 18.7 Å². The third-order valence-electron chi connectivity index (χ3n) is 15.4. The van der Waals surface area contributed by atoms with Crippen molar-refractivity contribution in [2.24, 2.45) is 63.7 Å². The number of hydrogen-bond donors (Lipinski definition) is 3. The van der Waals surface area contributed by atoms with E-state index < -0.39 is 0 Å². The first-order valence-electron chi connectivity index (χ1n) is 22.6. The largest absolute Gasteiger partial charge is 0.462 e. The number of ether oxygens (including phenoxy) is 1. The monoisotopic (exact) mass is 741 g/mol. The van der Waals surface area contributed by atoms with E-state index in [9.17, 15) is 9.59 Å². The lowest BCUT2D eigenvalue weighted by Gasteiger charge is -2.58. The van der Waals surface area contributed by atoms with Crippen molar-refractivity contribution < 1.29 is 14.3 Å². The number of rotatable bonds is 22. The molecule has 7 heteroatoms. The van der Waals surface area contributed by atoms with Crippen LogP contribution in [0.2, 0.25) is 0 Å². The van der Waals surface area contributed by atoms with Gasteiger partial charge in [0.25, 0.3) is 0 Å². The summed E-state index contributed by atoms with van der Waals surface area (Å²) >= 11 is 0. The average molecular weight is 741 g/mol. The fourth-order valence-electron chi connectivity index (χ4n) is 11.9. The maximum atomic E-state index is 13.2. The van der Waals surface area contributed by atoms with Crippen LogP contribution in [0.1, 0.15) is 171 Å². The van der Waals surface area contributed by atoms with Crippen molar-refractivity contribution in [3.8, 4) is 0 Å². The highest BCUT2D eigenvalue weighted by molar-refractivity contribution is 5.77. The van der Waals surface area contributed by atoms with Crippen LogP contribution in [-0.2, 0) is 14.3 Å². The Morgan fingerprint density at radius 2 is 1.62 bits per heavy atom. The molecule has 0 bridgehead atoms. The first-order chi connectivity index (χ1) is 25.2. The molecule has 0 aromatic rings. The number of nitrogens with one attached hydrogen (secondary N) is 1. The van der Waals surface area contributed by atoms with E-state index in [0.29, 0.717) is 31.2 Å². The summed E-state index contributed by atoms with van der Waals surface area (Å²) in [5.41, 5.74) is 14.2. The number of fused-ring (bicyclic) bond motifs is 5. The minimum atomic E-state index is -0.140. The summed E-state index contributed by atoms with van der Waals surface area (Å²) in [6.07, 6.45) is 21.5. The zero-order valence-corrected chi connectivity index (χ0v) is 35.7. The first kappa shape index (κ1) is 44.3. The number of nitrogens with zero attached hydrogens (tertiary/aromatic N) is 1. The van der Waals surface area contributed by atoms with Crippen molar-refractivity contribution in [1.82, 2.24) is 10.2 Å². The van der Waals surface area contributed by atoms with Crippen molar-refractivity contribution in [1.29, 1.82) is 0 Å². The Labute approximate surface area is 326 Å². The number of hydrogen-bond acceptors (Lipinski definition) is 6. The molecule has 4 aliphatic rings. The fraction of sp³-hybridized carbons (Fsp3) is 0.913. The Balaban J connectivity index is 1.23. The quantitative estimate of drug-likeness (QED) is 0.0580. The molecule has 11 atom stereocenters. The van der Waals surface area contributed by atoms with Gasteiger partial charge in [-0.25, -0.2) is 0 Å². The third-order valence-corrected chi connectivity index (χ3v) is 15.4. The molecule has 0 radical (unpaired) electrons. The molecule has 0 aromatic heterocycles. The highest BCUT2D eigenvalue weighted by atomic mass is 16.5. The zero-order chi connectivity index (χ0) is 38.8. The highest BCUT2D eigenvalue weighted by Crippen LogP contribution is 2.67. The highest BCUT2D eigenvalue weighted by Gasteiger charge is 2.59. The van der Waals surface area contributed by atoms with Crippen LogP contribution in [0.25, 0.3) is 0 Å². The molecule has 0 saturated heterocycles. The fourth-order valence-corrected chi connectivity index (χ4v) is 11.9. The van der Waals surface area contributed by atoms with Crippen molar-refractivity contribution in [3.05, 3.63) is 11.6 Å². The van der Waals surface area contributed by atoms with Crippen molar-refractivity contribution in [3.63, 3.8) is 0 Å². The van der Waals surface area contributed by atoms with E-state index in [1.54, 1.807) is 5.57 Å². The molecule has 5 N–H and O–H groups in total. The van der Waals surface area contributed by atoms with Crippen LogP contribution in [0.3, 0.4) is 0 Å². The van der Waals surface area contributed by atoms with E-state index in [-0.39, 0.29) is 35.5 Å². The number of carbonyl (C=O) groups is 2. The molecule has 0 aromatic carbocycles. The van der Waals surface area contributed by atoms with Gasteiger partial charge < -0.3 is 26.4 Å². The normalized spacial score (nSPS) is 31.8. The Morgan fingerprint density at radius 1 is 0.868 bits per heavy atom. The van der Waals surface area contributed by atoms with Crippen LogP contribution in [0.5, 0.6) is 0 Å². The number of unbranched alkanes of at least 4 members (excludes halogenated alkanes) is 1. The van der Waals surface area contributed by atoms with Gasteiger partial charge in [-0.05, 0) is 163 Å². The molecular formula is C46H84N4O3. The van der Waals surface area contributed by atoms with Gasteiger partial charge in [0.2, 0.25) is 5.91 Å². The second kappa shape index (κ2) is 20.6. The lowest BCUT2D eigenvalue weighted by molar-refractivity contribution is -0.151. The van der Waals surface area contributed by atoms with Gasteiger partial charge in [0, 0.05) is 44.4 Å². The summed E-state index contributed by atoms with van der Waals surface area (Å²) in [5.74, 6) is 5.79. The zero-order valence-electron chi connectivity index (χ0n) is 35.7. The lowest BCUT2D eigenvalue weighted by Crippen LogP contribution is -2.51. The Bertz CT molecular complexity index is 1170. The van der Waals surface area contributed by atoms with Crippen LogP contribution in [0.4, 0.5) is 0 Å². The van der Waals surface area contributed by atoms with Crippen molar-refractivity contribution in [2.45, 2.75) is 189 Å². The molecule has 3 fully saturated rings.